The Morgan fingerprint density at radius 3 is 2.78 bits per heavy atom. The van der Waals surface area contributed by atoms with E-state index < -0.39 is 0 Å². The Morgan fingerprint density at radius 1 is 1.33 bits per heavy atom. The van der Waals surface area contributed by atoms with Crippen molar-refractivity contribution in [1.82, 2.24) is 5.32 Å². The van der Waals surface area contributed by atoms with Gasteiger partial charge in [0.2, 0.25) is 5.91 Å². The highest BCUT2D eigenvalue weighted by Gasteiger charge is 2.18. The fraction of sp³-hybridized carbons (Fsp3) is 0.267. The standard InChI is InChI=1S/C15H17NO2/c17-11-13-6-8-14(10-13)16-15(18)9-7-12-4-2-1-3-5-12/h1-9,13-14,17H,10-11H2,(H,16,18)/b9-7+/t13-,14+/m0/s1. The lowest BCUT2D eigenvalue weighted by atomic mass is 10.1. The van der Waals surface area contributed by atoms with Crippen LogP contribution in [0.4, 0.5) is 0 Å². The lowest BCUT2D eigenvalue weighted by Crippen LogP contribution is -2.31. The van der Waals surface area contributed by atoms with Crippen LogP contribution in [-0.2, 0) is 4.79 Å². The van der Waals surface area contributed by atoms with Gasteiger partial charge in [-0.05, 0) is 18.1 Å². The number of rotatable bonds is 4. The van der Waals surface area contributed by atoms with Crippen molar-refractivity contribution in [2.75, 3.05) is 6.61 Å². The summed E-state index contributed by atoms with van der Waals surface area (Å²) in [6.07, 6.45) is 8.00. The van der Waals surface area contributed by atoms with Crippen molar-refractivity contribution in [2.45, 2.75) is 12.5 Å². The summed E-state index contributed by atoms with van der Waals surface area (Å²) >= 11 is 0. The van der Waals surface area contributed by atoms with E-state index in [2.05, 4.69) is 5.32 Å². The van der Waals surface area contributed by atoms with Crippen molar-refractivity contribution in [3.63, 3.8) is 0 Å². The average molecular weight is 243 g/mol. The van der Waals surface area contributed by atoms with Crippen LogP contribution in [0.2, 0.25) is 0 Å². The van der Waals surface area contributed by atoms with Crippen LogP contribution in [0.5, 0.6) is 0 Å². The van der Waals surface area contributed by atoms with Crippen LogP contribution >= 0.6 is 0 Å². The first-order valence-electron chi connectivity index (χ1n) is 6.11. The minimum Gasteiger partial charge on any atom is -0.396 e. The molecule has 0 fully saturated rings. The zero-order valence-corrected chi connectivity index (χ0v) is 10.1. The normalized spacial score (nSPS) is 22.5. The fourth-order valence-electron chi connectivity index (χ4n) is 1.98. The number of aliphatic hydroxyl groups excluding tert-OH is 1. The molecule has 3 nitrogen and oxygen atoms in total. The second-order valence-electron chi connectivity index (χ2n) is 4.42. The maximum Gasteiger partial charge on any atom is 0.244 e. The largest absolute Gasteiger partial charge is 0.396 e. The van der Waals surface area contributed by atoms with Crippen molar-refractivity contribution in [3.05, 3.63) is 54.1 Å². The van der Waals surface area contributed by atoms with Gasteiger partial charge in [0.25, 0.3) is 0 Å². The summed E-state index contributed by atoms with van der Waals surface area (Å²) in [4.78, 5) is 11.7. The van der Waals surface area contributed by atoms with E-state index >= 15 is 0 Å². The van der Waals surface area contributed by atoms with E-state index in [0.717, 1.165) is 12.0 Å². The maximum absolute atomic E-state index is 11.7. The Hall–Kier alpha value is -1.87. The Kier molecular flexibility index (Phi) is 4.31. The number of amides is 1. The van der Waals surface area contributed by atoms with Gasteiger partial charge in [-0.25, -0.2) is 0 Å². The van der Waals surface area contributed by atoms with Crippen LogP contribution in [0.1, 0.15) is 12.0 Å². The van der Waals surface area contributed by atoms with Crippen LogP contribution in [0.25, 0.3) is 6.08 Å². The smallest absolute Gasteiger partial charge is 0.244 e. The van der Waals surface area contributed by atoms with Gasteiger partial charge in [0.05, 0.1) is 0 Å². The molecule has 0 aromatic heterocycles. The molecule has 18 heavy (non-hydrogen) atoms. The number of carbonyl (C=O) groups is 1. The molecule has 1 amide bonds. The SMILES string of the molecule is O=C(/C=C/c1ccccc1)N[C@@H]1C=C[C@H](CO)C1. The minimum absolute atomic E-state index is 0.0371. The third-order valence-electron chi connectivity index (χ3n) is 2.96. The van der Waals surface area contributed by atoms with Crippen molar-refractivity contribution >= 4 is 12.0 Å². The molecule has 94 valence electrons. The van der Waals surface area contributed by atoms with Crippen LogP contribution in [0.3, 0.4) is 0 Å². The summed E-state index contributed by atoms with van der Waals surface area (Å²) in [6, 6.07) is 9.74. The summed E-state index contributed by atoms with van der Waals surface area (Å²) in [5.41, 5.74) is 1.00. The molecule has 2 N–H and O–H groups in total. The number of carbonyl (C=O) groups excluding carboxylic acids is 1. The highest BCUT2D eigenvalue weighted by atomic mass is 16.3. The van der Waals surface area contributed by atoms with Crippen molar-refractivity contribution in [3.8, 4) is 0 Å². The summed E-state index contributed by atoms with van der Waals surface area (Å²) in [5, 5.41) is 11.9. The lowest BCUT2D eigenvalue weighted by molar-refractivity contribution is -0.116. The summed E-state index contributed by atoms with van der Waals surface area (Å²) in [5.74, 6) is 0.0699. The predicted molar refractivity (Wildman–Crippen MR) is 71.7 cm³/mol. The van der Waals surface area contributed by atoms with Crippen LogP contribution in [0.15, 0.2) is 48.6 Å². The quantitative estimate of drug-likeness (QED) is 0.625. The van der Waals surface area contributed by atoms with E-state index in [-0.39, 0.29) is 24.5 Å². The molecule has 2 atom stereocenters. The highest BCUT2D eigenvalue weighted by molar-refractivity contribution is 5.92. The van der Waals surface area contributed by atoms with E-state index in [1.165, 1.54) is 6.08 Å². The number of hydrogen-bond acceptors (Lipinski definition) is 2. The molecule has 0 unspecified atom stereocenters. The molecule has 0 spiro atoms. The Labute approximate surface area is 107 Å². The van der Waals surface area contributed by atoms with Gasteiger partial charge in [-0.2, -0.15) is 0 Å². The molecule has 0 aliphatic heterocycles. The third kappa shape index (κ3) is 3.57. The van der Waals surface area contributed by atoms with Crippen LogP contribution < -0.4 is 5.32 Å². The average Bonchev–Trinajstić information content (AvgIpc) is 2.85. The van der Waals surface area contributed by atoms with Gasteiger partial charge in [0, 0.05) is 24.6 Å². The number of hydrogen-bond donors (Lipinski definition) is 2. The van der Waals surface area contributed by atoms with Gasteiger partial charge in [-0.15, -0.1) is 0 Å². The van der Waals surface area contributed by atoms with E-state index in [4.69, 9.17) is 5.11 Å². The molecular formula is C15H17NO2. The summed E-state index contributed by atoms with van der Waals surface area (Å²) in [7, 11) is 0. The van der Waals surface area contributed by atoms with E-state index in [0.29, 0.717) is 0 Å². The summed E-state index contributed by atoms with van der Waals surface area (Å²) < 4.78 is 0. The predicted octanol–water partition coefficient (Wildman–Crippen LogP) is 1.75. The third-order valence-corrected chi connectivity index (χ3v) is 2.96. The van der Waals surface area contributed by atoms with Gasteiger partial charge in [0.1, 0.15) is 0 Å². The monoisotopic (exact) mass is 243 g/mol. The second-order valence-corrected chi connectivity index (χ2v) is 4.42. The molecule has 0 saturated heterocycles. The summed E-state index contributed by atoms with van der Waals surface area (Å²) in [6.45, 7) is 0.142. The number of aliphatic hydroxyl groups is 1. The molecule has 1 aromatic carbocycles. The molecule has 1 aliphatic rings. The minimum atomic E-state index is -0.105. The molecule has 3 heteroatoms. The topological polar surface area (TPSA) is 49.3 Å². The first kappa shape index (κ1) is 12.6. The molecule has 0 heterocycles. The Balaban J connectivity index is 1.83. The van der Waals surface area contributed by atoms with E-state index in [1.807, 2.05) is 42.5 Å². The lowest BCUT2D eigenvalue weighted by Gasteiger charge is -2.10. The second kappa shape index (κ2) is 6.17. The molecule has 1 aromatic rings. The first-order chi connectivity index (χ1) is 8.78. The van der Waals surface area contributed by atoms with Gasteiger partial charge >= 0.3 is 0 Å². The Morgan fingerprint density at radius 2 is 2.11 bits per heavy atom. The molecule has 0 saturated carbocycles. The van der Waals surface area contributed by atoms with Gasteiger partial charge in [-0.1, -0.05) is 42.5 Å². The number of benzene rings is 1. The van der Waals surface area contributed by atoms with Crippen LogP contribution in [-0.4, -0.2) is 23.7 Å². The van der Waals surface area contributed by atoms with E-state index in [9.17, 15) is 4.79 Å². The molecule has 0 bridgehead atoms. The van der Waals surface area contributed by atoms with Gasteiger partial charge in [0.15, 0.2) is 0 Å². The maximum atomic E-state index is 11.7. The fourth-order valence-corrected chi connectivity index (χ4v) is 1.98. The highest BCUT2D eigenvalue weighted by Crippen LogP contribution is 2.16. The Bertz CT molecular complexity index is 451. The molecule has 1 aliphatic carbocycles. The van der Waals surface area contributed by atoms with Crippen molar-refractivity contribution < 1.29 is 9.90 Å². The first-order valence-corrected chi connectivity index (χ1v) is 6.11. The van der Waals surface area contributed by atoms with Crippen molar-refractivity contribution in [1.29, 1.82) is 0 Å². The van der Waals surface area contributed by atoms with Crippen LogP contribution in [0, 0.1) is 5.92 Å². The molecule has 0 radical (unpaired) electrons. The van der Waals surface area contributed by atoms with Gasteiger partial charge < -0.3 is 10.4 Å². The zero-order valence-electron chi connectivity index (χ0n) is 10.1. The molecule has 2 rings (SSSR count). The van der Waals surface area contributed by atoms with E-state index in [1.54, 1.807) is 6.08 Å². The number of nitrogens with one attached hydrogen (secondary N) is 1. The molecular weight excluding hydrogens is 226 g/mol. The van der Waals surface area contributed by atoms with Gasteiger partial charge in [-0.3, -0.25) is 4.79 Å². The van der Waals surface area contributed by atoms with Crippen molar-refractivity contribution in [2.24, 2.45) is 5.92 Å². The zero-order chi connectivity index (χ0) is 12.8.